The van der Waals surface area contributed by atoms with Crippen LogP contribution in [0.25, 0.3) is 0 Å². The van der Waals surface area contributed by atoms with Gasteiger partial charge in [0.25, 0.3) is 0 Å². The number of amides is 2. The SMILES string of the molecule is CCCC(CCC)S(=O)(=O)CC(NC(=O)CCc1ccccc1)C(=O)N(Cc1cccc(CC)c1)C[C@@H](O)[C@@H](N)Cc1cc(F)cc(F)c1. The van der Waals surface area contributed by atoms with Gasteiger partial charge in [-0.15, -0.1) is 0 Å². The molecule has 0 aromatic heterocycles. The Labute approximate surface area is 290 Å². The molecule has 49 heavy (non-hydrogen) atoms. The number of nitrogens with zero attached hydrogens (tertiary/aromatic N) is 1. The molecule has 0 aliphatic heterocycles. The number of carbonyl (C=O) groups excluding carboxylic acids is 2. The van der Waals surface area contributed by atoms with Gasteiger partial charge in [0.15, 0.2) is 9.84 Å². The lowest BCUT2D eigenvalue weighted by molar-refractivity contribution is -0.137. The van der Waals surface area contributed by atoms with Gasteiger partial charge in [-0.25, -0.2) is 17.2 Å². The van der Waals surface area contributed by atoms with Crippen LogP contribution in [0.2, 0.25) is 0 Å². The fraction of sp³-hybridized carbons (Fsp3) is 0.474. The number of nitrogens with two attached hydrogens (primary N) is 1. The second kappa shape index (κ2) is 19.5. The topological polar surface area (TPSA) is 130 Å². The number of hydrogen-bond donors (Lipinski definition) is 3. The van der Waals surface area contributed by atoms with Gasteiger partial charge in [0.1, 0.15) is 17.7 Å². The van der Waals surface area contributed by atoms with Crippen LogP contribution in [0.5, 0.6) is 0 Å². The van der Waals surface area contributed by atoms with Gasteiger partial charge in [-0.1, -0.05) is 88.2 Å². The highest BCUT2D eigenvalue weighted by molar-refractivity contribution is 7.92. The highest BCUT2D eigenvalue weighted by Crippen LogP contribution is 2.19. The van der Waals surface area contributed by atoms with Crippen LogP contribution >= 0.6 is 0 Å². The molecule has 3 aromatic carbocycles. The minimum absolute atomic E-state index is 0.00876. The Hall–Kier alpha value is -3.67. The zero-order chi connectivity index (χ0) is 36.0. The second-order valence-corrected chi connectivity index (χ2v) is 15.1. The minimum Gasteiger partial charge on any atom is -0.390 e. The molecule has 0 aliphatic carbocycles. The third kappa shape index (κ3) is 12.9. The molecule has 3 aromatic rings. The van der Waals surface area contributed by atoms with Gasteiger partial charge in [-0.05, 0) is 66.5 Å². The van der Waals surface area contributed by atoms with E-state index in [4.69, 9.17) is 5.73 Å². The van der Waals surface area contributed by atoms with E-state index in [2.05, 4.69) is 5.32 Å². The smallest absolute Gasteiger partial charge is 0.246 e. The standard InChI is InChI=1S/C38H51F2N3O5S/c1-4-11-33(12-5-2)49(47,48)26-35(42-37(45)18-17-28-13-8-7-9-14-28)38(46)43(24-29-16-10-15-27(6-3)19-29)25-36(44)34(41)22-30-20-31(39)23-32(40)21-30/h7-10,13-16,19-21,23,33-36,44H,4-6,11-12,17-18,22,24-26,41H2,1-3H3,(H,42,45)/t34-,35?,36+/m0/s1. The second-order valence-electron chi connectivity index (χ2n) is 12.7. The third-order valence-corrected chi connectivity index (χ3v) is 10.9. The number of nitrogens with one attached hydrogen (secondary N) is 1. The monoisotopic (exact) mass is 699 g/mol. The van der Waals surface area contributed by atoms with Crippen LogP contribution in [0.3, 0.4) is 0 Å². The van der Waals surface area contributed by atoms with Crippen molar-refractivity contribution in [1.29, 1.82) is 0 Å². The van der Waals surface area contributed by atoms with Crippen molar-refractivity contribution in [3.63, 3.8) is 0 Å². The maximum atomic E-state index is 14.4. The number of benzene rings is 3. The summed E-state index contributed by atoms with van der Waals surface area (Å²) in [4.78, 5) is 29.0. The summed E-state index contributed by atoms with van der Waals surface area (Å²) >= 11 is 0. The Bertz CT molecular complexity index is 1580. The van der Waals surface area contributed by atoms with E-state index in [1.54, 1.807) is 0 Å². The summed E-state index contributed by atoms with van der Waals surface area (Å²) in [7, 11) is -3.83. The maximum absolute atomic E-state index is 14.4. The molecule has 4 N–H and O–H groups in total. The van der Waals surface area contributed by atoms with E-state index in [9.17, 15) is 31.9 Å². The summed E-state index contributed by atoms with van der Waals surface area (Å²) in [5, 5.41) is 13.3. The van der Waals surface area contributed by atoms with Gasteiger partial charge in [0.2, 0.25) is 11.8 Å². The predicted molar refractivity (Wildman–Crippen MR) is 189 cm³/mol. The summed E-state index contributed by atoms with van der Waals surface area (Å²) in [6, 6.07) is 17.5. The fourth-order valence-corrected chi connectivity index (χ4v) is 8.13. The largest absolute Gasteiger partial charge is 0.390 e. The molecule has 1 unspecified atom stereocenters. The van der Waals surface area contributed by atoms with Crippen molar-refractivity contribution in [2.24, 2.45) is 5.73 Å². The number of aryl methyl sites for hydroxylation is 2. The number of hydrogen-bond acceptors (Lipinski definition) is 6. The molecule has 0 aliphatic rings. The van der Waals surface area contributed by atoms with E-state index in [0.29, 0.717) is 32.1 Å². The zero-order valence-electron chi connectivity index (χ0n) is 28.8. The van der Waals surface area contributed by atoms with Crippen LogP contribution in [0.15, 0.2) is 72.8 Å². The zero-order valence-corrected chi connectivity index (χ0v) is 29.6. The lowest BCUT2D eigenvalue weighted by atomic mass is 10.0. The lowest BCUT2D eigenvalue weighted by Crippen LogP contribution is -2.55. The third-order valence-electron chi connectivity index (χ3n) is 8.63. The van der Waals surface area contributed by atoms with Gasteiger partial charge in [0.05, 0.1) is 17.1 Å². The molecule has 0 saturated carbocycles. The Morgan fingerprint density at radius 2 is 1.47 bits per heavy atom. The average molecular weight is 700 g/mol. The van der Waals surface area contributed by atoms with E-state index in [-0.39, 0.29) is 31.5 Å². The highest BCUT2D eigenvalue weighted by Gasteiger charge is 2.35. The van der Waals surface area contributed by atoms with Crippen LogP contribution in [-0.2, 0) is 45.2 Å². The predicted octanol–water partition coefficient (Wildman–Crippen LogP) is 5.29. The van der Waals surface area contributed by atoms with Crippen molar-refractivity contribution in [2.45, 2.75) is 102 Å². The molecule has 0 radical (unpaired) electrons. The van der Waals surface area contributed by atoms with Crippen LogP contribution in [-0.4, -0.2) is 66.0 Å². The summed E-state index contributed by atoms with van der Waals surface area (Å²) in [5.41, 5.74) is 9.22. The van der Waals surface area contributed by atoms with Gasteiger partial charge in [-0.2, -0.15) is 0 Å². The first kappa shape index (κ1) is 39.8. The first-order valence-corrected chi connectivity index (χ1v) is 18.9. The molecule has 11 heteroatoms. The Morgan fingerprint density at radius 1 is 0.857 bits per heavy atom. The van der Waals surface area contributed by atoms with Gasteiger partial charge in [0, 0.05) is 31.6 Å². The number of aliphatic hydroxyl groups is 1. The van der Waals surface area contributed by atoms with Crippen molar-refractivity contribution in [2.75, 3.05) is 12.3 Å². The Balaban J connectivity index is 1.94. The van der Waals surface area contributed by atoms with Crippen LogP contribution in [0.4, 0.5) is 8.78 Å². The molecule has 3 rings (SSSR count). The molecule has 0 heterocycles. The lowest BCUT2D eigenvalue weighted by Gasteiger charge is -2.32. The van der Waals surface area contributed by atoms with Gasteiger partial charge in [-0.3, -0.25) is 9.59 Å². The van der Waals surface area contributed by atoms with E-state index in [1.165, 1.54) is 4.90 Å². The molecule has 0 spiro atoms. The summed E-state index contributed by atoms with van der Waals surface area (Å²) in [5.74, 6) is -3.29. The van der Waals surface area contributed by atoms with Crippen molar-refractivity contribution in [3.05, 3.63) is 107 Å². The van der Waals surface area contributed by atoms with E-state index >= 15 is 0 Å². The maximum Gasteiger partial charge on any atom is 0.246 e. The first-order valence-electron chi connectivity index (χ1n) is 17.1. The normalized spacial score (nSPS) is 13.6. The quantitative estimate of drug-likeness (QED) is 0.147. The molecular weight excluding hydrogens is 648 g/mol. The van der Waals surface area contributed by atoms with Crippen molar-refractivity contribution < 1.29 is 31.9 Å². The van der Waals surface area contributed by atoms with Crippen LogP contribution in [0.1, 0.15) is 75.1 Å². The molecule has 0 fully saturated rings. The van der Waals surface area contributed by atoms with Gasteiger partial charge >= 0.3 is 0 Å². The van der Waals surface area contributed by atoms with E-state index in [1.807, 2.05) is 75.4 Å². The molecule has 268 valence electrons. The van der Waals surface area contributed by atoms with Crippen LogP contribution < -0.4 is 11.1 Å². The highest BCUT2D eigenvalue weighted by atomic mass is 32.2. The molecular formula is C38H51F2N3O5S. The summed E-state index contributed by atoms with van der Waals surface area (Å²) in [6.07, 6.45) is 1.91. The average Bonchev–Trinajstić information content (AvgIpc) is 3.06. The molecule has 8 nitrogen and oxygen atoms in total. The molecule has 2 amide bonds. The number of carbonyl (C=O) groups is 2. The molecule has 0 saturated heterocycles. The number of halogens is 2. The van der Waals surface area contributed by atoms with Gasteiger partial charge < -0.3 is 21.1 Å². The fourth-order valence-electron chi connectivity index (χ4n) is 5.98. The van der Waals surface area contributed by atoms with E-state index < -0.39 is 62.5 Å². The number of sulfone groups is 1. The van der Waals surface area contributed by atoms with Crippen molar-refractivity contribution >= 4 is 21.7 Å². The van der Waals surface area contributed by atoms with E-state index in [0.717, 1.165) is 41.3 Å². The number of aliphatic hydroxyl groups excluding tert-OH is 1. The molecule has 3 atom stereocenters. The number of rotatable bonds is 20. The van der Waals surface area contributed by atoms with Crippen LogP contribution in [0, 0.1) is 11.6 Å². The first-order chi connectivity index (χ1) is 23.3. The Kier molecular flexibility index (Phi) is 15.8. The minimum atomic E-state index is -3.83. The Morgan fingerprint density at radius 3 is 2.08 bits per heavy atom. The van der Waals surface area contributed by atoms with Crippen molar-refractivity contribution in [3.8, 4) is 0 Å². The molecule has 0 bridgehead atoms. The van der Waals surface area contributed by atoms with Crippen molar-refractivity contribution in [1.82, 2.24) is 10.2 Å². The summed E-state index contributed by atoms with van der Waals surface area (Å²) < 4.78 is 55.3. The summed E-state index contributed by atoms with van der Waals surface area (Å²) in [6.45, 7) is 5.50.